The smallest absolute Gasteiger partial charge is 0.303 e. The number of carboxylic acids is 1. The van der Waals surface area contributed by atoms with E-state index in [4.69, 9.17) is 5.11 Å². The van der Waals surface area contributed by atoms with Crippen LogP contribution in [-0.2, 0) is 21.1 Å². The van der Waals surface area contributed by atoms with Gasteiger partial charge >= 0.3 is 5.97 Å². The SMILES string of the molecule is O=C(O)CCCc1ccc2c(c1)C=CS2(=O)=O. The Labute approximate surface area is 99.5 Å². The van der Waals surface area contributed by atoms with Crippen molar-refractivity contribution < 1.29 is 18.3 Å². The highest BCUT2D eigenvalue weighted by Crippen LogP contribution is 2.27. The molecule has 1 aromatic rings. The molecular weight excluding hydrogens is 240 g/mol. The third-order valence-electron chi connectivity index (χ3n) is 2.66. The molecule has 2 rings (SSSR count). The van der Waals surface area contributed by atoms with Crippen LogP contribution in [0.15, 0.2) is 28.5 Å². The number of carboxylic acid groups (broad SMARTS) is 1. The summed E-state index contributed by atoms with van der Waals surface area (Å²) in [5.74, 6) is -0.811. The highest BCUT2D eigenvalue weighted by atomic mass is 32.2. The molecule has 0 unspecified atom stereocenters. The maximum absolute atomic E-state index is 11.5. The van der Waals surface area contributed by atoms with Crippen LogP contribution in [0.2, 0.25) is 0 Å². The molecule has 0 bridgehead atoms. The van der Waals surface area contributed by atoms with Crippen LogP contribution < -0.4 is 0 Å². The number of benzene rings is 1. The third kappa shape index (κ3) is 2.55. The minimum atomic E-state index is -3.23. The van der Waals surface area contributed by atoms with Gasteiger partial charge in [-0.25, -0.2) is 8.42 Å². The molecule has 1 aliphatic rings. The van der Waals surface area contributed by atoms with Crippen molar-refractivity contribution in [2.75, 3.05) is 0 Å². The predicted molar refractivity (Wildman–Crippen MR) is 63.2 cm³/mol. The van der Waals surface area contributed by atoms with Crippen LogP contribution in [0.1, 0.15) is 24.0 Å². The van der Waals surface area contributed by atoms with E-state index in [1.54, 1.807) is 24.3 Å². The van der Waals surface area contributed by atoms with Crippen molar-refractivity contribution in [1.82, 2.24) is 0 Å². The maximum Gasteiger partial charge on any atom is 0.303 e. The molecule has 90 valence electrons. The van der Waals surface area contributed by atoms with E-state index in [2.05, 4.69) is 0 Å². The Morgan fingerprint density at radius 3 is 2.76 bits per heavy atom. The van der Waals surface area contributed by atoms with E-state index >= 15 is 0 Å². The first-order chi connectivity index (χ1) is 7.99. The lowest BCUT2D eigenvalue weighted by Gasteiger charge is -2.03. The van der Waals surface area contributed by atoms with Crippen molar-refractivity contribution in [1.29, 1.82) is 0 Å². The van der Waals surface area contributed by atoms with E-state index in [1.807, 2.05) is 0 Å². The fourth-order valence-electron chi connectivity index (χ4n) is 1.82. The number of hydrogen-bond donors (Lipinski definition) is 1. The zero-order valence-electron chi connectivity index (χ0n) is 9.09. The highest BCUT2D eigenvalue weighted by molar-refractivity contribution is 7.94. The van der Waals surface area contributed by atoms with Gasteiger partial charge in [0.2, 0.25) is 0 Å². The zero-order chi connectivity index (χ0) is 12.5. The van der Waals surface area contributed by atoms with Gasteiger partial charge in [0, 0.05) is 11.8 Å². The minimum Gasteiger partial charge on any atom is -0.481 e. The second kappa shape index (κ2) is 4.33. The number of carbonyl (C=O) groups is 1. The predicted octanol–water partition coefficient (Wildman–Crippen LogP) is 1.85. The van der Waals surface area contributed by atoms with Gasteiger partial charge < -0.3 is 5.11 Å². The Morgan fingerprint density at radius 1 is 1.29 bits per heavy atom. The first-order valence-corrected chi connectivity index (χ1v) is 6.81. The average molecular weight is 252 g/mol. The van der Waals surface area contributed by atoms with E-state index in [9.17, 15) is 13.2 Å². The lowest BCUT2D eigenvalue weighted by molar-refractivity contribution is -0.137. The van der Waals surface area contributed by atoms with Crippen LogP contribution >= 0.6 is 0 Å². The van der Waals surface area contributed by atoms with Crippen LogP contribution in [0.25, 0.3) is 6.08 Å². The summed E-state index contributed by atoms with van der Waals surface area (Å²) in [6, 6.07) is 5.13. The number of hydrogen-bond acceptors (Lipinski definition) is 3. The van der Waals surface area contributed by atoms with Crippen molar-refractivity contribution >= 4 is 21.9 Å². The number of rotatable bonds is 4. The van der Waals surface area contributed by atoms with Gasteiger partial charge in [-0.3, -0.25) is 4.79 Å². The van der Waals surface area contributed by atoms with E-state index in [0.29, 0.717) is 23.3 Å². The number of sulfone groups is 1. The first-order valence-electron chi connectivity index (χ1n) is 5.27. The van der Waals surface area contributed by atoms with Gasteiger partial charge in [-0.05, 0) is 36.1 Å². The summed E-state index contributed by atoms with van der Waals surface area (Å²) in [6.07, 6.45) is 2.91. The molecular formula is C12H12O4S. The molecule has 4 nitrogen and oxygen atoms in total. The van der Waals surface area contributed by atoms with Crippen LogP contribution in [0.5, 0.6) is 0 Å². The van der Waals surface area contributed by atoms with E-state index < -0.39 is 15.8 Å². The molecule has 0 aromatic heterocycles. The molecule has 0 radical (unpaired) electrons. The van der Waals surface area contributed by atoms with Crippen LogP contribution in [0, 0.1) is 0 Å². The van der Waals surface area contributed by atoms with Gasteiger partial charge in [0.25, 0.3) is 0 Å². The topological polar surface area (TPSA) is 71.4 Å². The molecule has 0 aliphatic carbocycles. The van der Waals surface area contributed by atoms with Gasteiger partial charge in [-0.15, -0.1) is 0 Å². The molecule has 0 amide bonds. The summed E-state index contributed by atoms with van der Waals surface area (Å²) in [6.45, 7) is 0. The van der Waals surface area contributed by atoms with Crippen molar-refractivity contribution in [3.05, 3.63) is 34.7 Å². The number of aryl methyl sites for hydroxylation is 1. The van der Waals surface area contributed by atoms with Crippen molar-refractivity contribution in [2.24, 2.45) is 0 Å². The average Bonchev–Trinajstić information content (AvgIpc) is 2.54. The van der Waals surface area contributed by atoms with Crippen LogP contribution in [-0.4, -0.2) is 19.5 Å². The fourth-order valence-corrected chi connectivity index (χ4v) is 3.01. The monoisotopic (exact) mass is 252 g/mol. The van der Waals surface area contributed by atoms with Crippen molar-refractivity contribution in [3.8, 4) is 0 Å². The summed E-state index contributed by atoms with van der Waals surface area (Å²) in [5.41, 5.74) is 1.66. The van der Waals surface area contributed by atoms with Gasteiger partial charge in [-0.1, -0.05) is 12.1 Å². The van der Waals surface area contributed by atoms with Crippen molar-refractivity contribution in [3.63, 3.8) is 0 Å². The molecule has 0 atom stereocenters. The lowest BCUT2D eigenvalue weighted by Crippen LogP contribution is -1.97. The van der Waals surface area contributed by atoms with E-state index in [-0.39, 0.29) is 6.42 Å². The Kier molecular flexibility index (Phi) is 3.02. The van der Waals surface area contributed by atoms with Crippen LogP contribution in [0.3, 0.4) is 0 Å². The molecule has 1 aromatic carbocycles. The summed E-state index contributed by atoms with van der Waals surface area (Å²) in [5, 5.41) is 9.72. The Hall–Kier alpha value is -1.62. The lowest BCUT2D eigenvalue weighted by atomic mass is 10.1. The number of aliphatic carboxylic acids is 1. The largest absolute Gasteiger partial charge is 0.481 e. The van der Waals surface area contributed by atoms with Crippen LogP contribution in [0.4, 0.5) is 0 Å². The van der Waals surface area contributed by atoms with Gasteiger partial charge in [0.15, 0.2) is 9.84 Å². The molecule has 1 heterocycles. The molecule has 17 heavy (non-hydrogen) atoms. The highest BCUT2D eigenvalue weighted by Gasteiger charge is 2.20. The Balaban J connectivity index is 2.14. The third-order valence-corrected chi connectivity index (χ3v) is 4.14. The number of fused-ring (bicyclic) bond motifs is 1. The second-order valence-electron chi connectivity index (χ2n) is 3.97. The summed E-state index contributed by atoms with van der Waals surface area (Å²) in [4.78, 5) is 10.7. The normalized spacial score (nSPS) is 15.8. The zero-order valence-corrected chi connectivity index (χ0v) is 9.90. The molecule has 5 heteroatoms. The maximum atomic E-state index is 11.5. The molecule has 1 N–H and O–H groups in total. The van der Waals surface area contributed by atoms with Gasteiger partial charge in [0.1, 0.15) is 0 Å². The molecule has 0 fully saturated rings. The standard InChI is InChI=1S/C12H12O4S/c13-12(14)3-1-2-9-4-5-11-10(8-9)6-7-17(11,15)16/h4-8H,1-3H2,(H,13,14). The molecule has 0 spiro atoms. The minimum absolute atomic E-state index is 0.130. The second-order valence-corrected chi connectivity index (χ2v) is 5.77. The van der Waals surface area contributed by atoms with Gasteiger partial charge in [-0.2, -0.15) is 0 Å². The van der Waals surface area contributed by atoms with E-state index in [0.717, 1.165) is 5.56 Å². The molecule has 1 aliphatic heterocycles. The summed E-state index contributed by atoms with van der Waals surface area (Å²) in [7, 11) is -3.23. The molecule has 0 saturated heterocycles. The summed E-state index contributed by atoms with van der Waals surface area (Å²) < 4.78 is 23.0. The van der Waals surface area contributed by atoms with Gasteiger partial charge in [0.05, 0.1) is 4.90 Å². The first kappa shape index (κ1) is 11.9. The van der Waals surface area contributed by atoms with E-state index in [1.165, 1.54) is 5.41 Å². The molecule has 0 saturated carbocycles. The quantitative estimate of drug-likeness (QED) is 0.887. The Morgan fingerprint density at radius 2 is 2.06 bits per heavy atom. The summed E-state index contributed by atoms with van der Waals surface area (Å²) >= 11 is 0. The fraction of sp³-hybridized carbons (Fsp3) is 0.250. The van der Waals surface area contributed by atoms with Crippen molar-refractivity contribution in [2.45, 2.75) is 24.2 Å². The Bertz CT molecular complexity index is 585.